The van der Waals surface area contributed by atoms with Crippen LogP contribution in [0.25, 0.3) is 0 Å². The Balaban J connectivity index is 2.32. The highest BCUT2D eigenvalue weighted by Gasteiger charge is 2.19. The number of carbonyl (C=O) groups excluding carboxylic acids is 1. The summed E-state index contributed by atoms with van der Waals surface area (Å²) in [6, 6.07) is 6.34. The monoisotopic (exact) mass is 232 g/mol. The molecule has 2 N–H and O–H groups in total. The molecule has 1 heterocycles. The number of benzene rings is 1. The van der Waals surface area contributed by atoms with Gasteiger partial charge in [0.05, 0.1) is 0 Å². The maximum Gasteiger partial charge on any atom is 0.161 e. The molecule has 3 nitrogen and oxygen atoms in total. The molecule has 17 heavy (non-hydrogen) atoms. The second-order valence-corrected chi connectivity index (χ2v) is 4.87. The van der Waals surface area contributed by atoms with Crippen molar-refractivity contribution in [2.75, 3.05) is 17.2 Å². The zero-order valence-corrected chi connectivity index (χ0v) is 10.6. The van der Waals surface area contributed by atoms with Crippen molar-refractivity contribution >= 4 is 17.2 Å². The number of Topliss-reactive ketones (excluding diaryl/α,β-unsaturated/α-hetero) is 1. The number of hydrogen-bond acceptors (Lipinski definition) is 3. The molecule has 0 saturated carbocycles. The lowest BCUT2D eigenvalue weighted by molar-refractivity contribution is 0.101. The molecule has 0 amide bonds. The summed E-state index contributed by atoms with van der Waals surface area (Å²) < 4.78 is 0. The Morgan fingerprint density at radius 1 is 1.41 bits per heavy atom. The van der Waals surface area contributed by atoms with Crippen LogP contribution in [0.5, 0.6) is 0 Å². The lowest BCUT2D eigenvalue weighted by atomic mass is 10.0. The molecule has 1 aromatic rings. The molecule has 2 rings (SSSR count). The molecule has 1 atom stereocenters. The van der Waals surface area contributed by atoms with Gasteiger partial charge < -0.3 is 10.6 Å². The van der Waals surface area contributed by atoms with Gasteiger partial charge in [0, 0.05) is 29.5 Å². The molecule has 0 aliphatic carbocycles. The van der Waals surface area contributed by atoms with Crippen molar-refractivity contribution in [3.05, 3.63) is 23.8 Å². The van der Waals surface area contributed by atoms with Crippen molar-refractivity contribution < 1.29 is 4.79 Å². The van der Waals surface area contributed by atoms with Crippen LogP contribution in [-0.2, 0) is 0 Å². The quantitative estimate of drug-likeness (QED) is 0.630. The van der Waals surface area contributed by atoms with E-state index in [1.54, 1.807) is 6.92 Å². The highest BCUT2D eigenvalue weighted by Crippen LogP contribution is 2.27. The molecule has 3 heteroatoms. The summed E-state index contributed by atoms with van der Waals surface area (Å²) in [6.07, 6.45) is 3.75. The minimum absolute atomic E-state index is 0.0361. The maximum atomic E-state index is 11.5. The predicted molar refractivity (Wildman–Crippen MR) is 71.5 cm³/mol. The second kappa shape index (κ2) is 4.78. The topological polar surface area (TPSA) is 46.3 Å². The van der Waals surface area contributed by atoms with Gasteiger partial charge in [-0.3, -0.25) is 4.79 Å². The lowest BCUT2D eigenvalue weighted by Crippen LogP contribution is -2.37. The van der Waals surface area contributed by atoms with E-state index in [4.69, 9.17) is 5.73 Å². The number of carbonyl (C=O) groups is 1. The summed E-state index contributed by atoms with van der Waals surface area (Å²) in [4.78, 5) is 13.9. The number of nitrogens with zero attached hydrogens (tertiary/aromatic N) is 1. The molecule has 0 radical (unpaired) electrons. The fourth-order valence-electron chi connectivity index (χ4n) is 2.51. The van der Waals surface area contributed by atoms with E-state index in [-0.39, 0.29) is 5.78 Å². The number of ketones is 1. The predicted octanol–water partition coefficient (Wildman–Crippen LogP) is 2.85. The third-order valence-electron chi connectivity index (χ3n) is 3.55. The first kappa shape index (κ1) is 12.0. The minimum Gasteiger partial charge on any atom is -0.398 e. The first-order chi connectivity index (χ1) is 8.09. The van der Waals surface area contributed by atoms with Crippen LogP contribution in [0.1, 0.15) is 43.5 Å². The van der Waals surface area contributed by atoms with Gasteiger partial charge in [-0.2, -0.15) is 0 Å². The van der Waals surface area contributed by atoms with Crippen molar-refractivity contribution in [3.63, 3.8) is 0 Å². The van der Waals surface area contributed by atoms with Gasteiger partial charge in [-0.05, 0) is 51.3 Å². The molecule has 1 unspecified atom stereocenters. The fraction of sp³-hybridized carbons (Fsp3) is 0.500. The van der Waals surface area contributed by atoms with E-state index in [1.165, 1.54) is 19.3 Å². The highest BCUT2D eigenvalue weighted by molar-refractivity contribution is 6.00. The van der Waals surface area contributed by atoms with Gasteiger partial charge in [0.25, 0.3) is 0 Å². The number of nitrogens with two attached hydrogens (primary N) is 1. The third-order valence-corrected chi connectivity index (χ3v) is 3.55. The van der Waals surface area contributed by atoms with Crippen molar-refractivity contribution in [1.29, 1.82) is 0 Å². The van der Waals surface area contributed by atoms with Gasteiger partial charge in [-0.1, -0.05) is 0 Å². The van der Waals surface area contributed by atoms with Crippen LogP contribution in [0.15, 0.2) is 18.2 Å². The van der Waals surface area contributed by atoms with Crippen LogP contribution >= 0.6 is 0 Å². The Morgan fingerprint density at radius 3 is 2.82 bits per heavy atom. The first-order valence-corrected chi connectivity index (χ1v) is 6.26. The van der Waals surface area contributed by atoms with Crippen molar-refractivity contribution in [2.24, 2.45) is 0 Å². The van der Waals surface area contributed by atoms with E-state index in [1.807, 2.05) is 18.2 Å². The Hall–Kier alpha value is -1.51. The summed E-state index contributed by atoms with van der Waals surface area (Å²) in [5.41, 5.74) is 8.15. The molecule has 92 valence electrons. The minimum atomic E-state index is 0.0361. The summed E-state index contributed by atoms with van der Waals surface area (Å²) in [6.45, 7) is 4.88. The van der Waals surface area contributed by atoms with Crippen LogP contribution < -0.4 is 10.6 Å². The largest absolute Gasteiger partial charge is 0.398 e. The number of piperidine rings is 1. The van der Waals surface area contributed by atoms with E-state index in [0.29, 0.717) is 17.3 Å². The van der Waals surface area contributed by atoms with Gasteiger partial charge in [-0.15, -0.1) is 0 Å². The van der Waals surface area contributed by atoms with Gasteiger partial charge >= 0.3 is 0 Å². The van der Waals surface area contributed by atoms with Crippen LogP contribution in [0.4, 0.5) is 11.4 Å². The molecule has 1 fully saturated rings. The smallest absolute Gasteiger partial charge is 0.161 e. The molecular formula is C14H20N2O. The standard InChI is InChI=1S/C14H20N2O/c1-10-5-3-4-8-16(10)12-6-7-14(15)13(9-12)11(2)17/h6-7,9-10H,3-5,8,15H2,1-2H3. The Morgan fingerprint density at radius 2 is 2.18 bits per heavy atom. The SMILES string of the molecule is CC(=O)c1cc(N2CCCCC2C)ccc1N. The van der Waals surface area contributed by atoms with Gasteiger partial charge in [0.15, 0.2) is 5.78 Å². The number of nitrogen functional groups attached to an aromatic ring is 1. The summed E-state index contributed by atoms with van der Waals surface area (Å²) in [7, 11) is 0. The fourth-order valence-corrected chi connectivity index (χ4v) is 2.51. The van der Waals surface area contributed by atoms with Gasteiger partial charge in [0.1, 0.15) is 0 Å². The third kappa shape index (κ3) is 2.43. The van der Waals surface area contributed by atoms with Crippen LogP contribution in [0.3, 0.4) is 0 Å². The highest BCUT2D eigenvalue weighted by atomic mass is 16.1. The summed E-state index contributed by atoms with van der Waals surface area (Å²) in [5.74, 6) is 0.0361. The molecular weight excluding hydrogens is 212 g/mol. The zero-order chi connectivity index (χ0) is 12.4. The Labute approximate surface area is 103 Å². The number of hydrogen-bond donors (Lipinski definition) is 1. The molecule has 0 spiro atoms. The van der Waals surface area contributed by atoms with Crippen molar-refractivity contribution in [2.45, 2.75) is 39.2 Å². The average molecular weight is 232 g/mol. The van der Waals surface area contributed by atoms with Crippen LogP contribution in [-0.4, -0.2) is 18.4 Å². The lowest BCUT2D eigenvalue weighted by Gasteiger charge is -2.35. The van der Waals surface area contributed by atoms with Crippen molar-refractivity contribution in [1.82, 2.24) is 0 Å². The maximum absolute atomic E-state index is 11.5. The van der Waals surface area contributed by atoms with E-state index < -0.39 is 0 Å². The Kier molecular flexibility index (Phi) is 3.36. The first-order valence-electron chi connectivity index (χ1n) is 6.26. The molecule has 1 saturated heterocycles. The molecule has 1 aliphatic rings. The van der Waals surface area contributed by atoms with Crippen LogP contribution in [0.2, 0.25) is 0 Å². The summed E-state index contributed by atoms with van der Waals surface area (Å²) in [5, 5.41) is 0. The van der Waals surface area contributed by atoms with E-state index in [0.717, 1.165) is 12.2 Å². The Bertz CT molecular complexity index is 428. The van der Waals surface area contributed by atoms with Gasteiger partial charge in [0.2, 0.25) is 0 Å². The average Bonchev–Trinajstić information content (AvgIpc) is 2.30. The van der Waals surface area contributed by atoms with Crippen LogP contribution in [0, 0.1) is 0 Å². The molecule has 1 aliphatic heterocycles. The number of rotatable bonds is 2. The van der Waals surface area contributed by atoms with E-state index in [9.17, 15) is 4.79 Å². The van der Waals surface area contributed by atoms with E-state index >= 15 is 0 Å². The number of anilines is 2. The molecule has 0 aromatic heterocycles. The summed E-state index contributed by atoms with van der Waals surface area (Å²) >= 11 is 0. The second-order valence-electron chi connectivity index (χ2n) is 4.87. The van der Waals surface area contributed by atoms with Crippen molar-refractivity contribution in [3.8, 4) is 0 Å². The normalized spacial score (nSPS) is 20.4. The molecule has 1 aromatic carbocycles. The molecule has 0 bridgehead atoms. The zero-order valence-electron chi connectivity index (χ0n) is 10.6. The van der Waals surface area contributed by atoms with Gasteiger partial charge in [-0.25, -0.2) is 0 Å². The van der Waals surface area contributed by atoms with E-state index in [2.05, 4.69) is 11.8 Å².